The van der Waals surface area contributed by atoms with E-state index in [2.05, 4.69) is 20.6 Å². The van der Waals surface area contributed by atoms with Gasteiger partial charge in [0.15, 0.2) is 5.78 Å². The minimum atomic E-state index is -0.415. The van der Waals surface area contributed by atoms with Gasteiger partial charge in [0.2, 0.25) is 0 Å². The molecule has 26 heavy (non-hydrogen) atoms. The number of aromatic nitrogens is 2. The van der Waals surface area contributed by atoms with Gasteiger partial charge in [-0.2, -0.15) is 0 Å². The predicted molar refractivity (Wildman–Crippen MR) is 96.1 cm³/mol. The van der Waals surface area contributed by atoms with Crippen molar-refractivity contribution in [3.8, 4) is 0 Å². The molecule has 0 spiro atoms. The fourth-order valence-electron chi connectivity index (χ4n) is 2.17. The van der Waals surface area contributed by atoms with E-state index >= 15 is 0 Å². The van der Waals surface area contributed by atoms with Crippen LogP contribution in [0.15, 0.2) is 60.9 Å². The molecule has 0 saturated carbocycles. The number of halogens is 1. The number of carbonyl (C=O) groups excluding carboxylic acids is 2. The number of benzene rings is 2. The molecule has 1 heterocycles. The number of ketones is 1. The molecule has 6 nitrogen and oxygen atoms in total. The summed E-state index contributed by atoms with van der Waals surface area (Å²) in [6.45, 7) is 1.48. The van der Waals surface area contributed by atoms with Gasteiger partial charge in [-0.25, -0.2) is 14.4 Å². The number of nitrogens with one attached hydrogen (secondary N) is 2. The number of hydrogen-bond donors (Lipinski definition) is 2. The fourth-order valence-corrected chi connectivity index (χ4v) is 2.17. The Morgan fingerprint density at radius 2 is 1.54 bits per heavy atom. The number of rotatable bonds is 5. The molecule has 2 aromatic carbocycles. The second-order valence-corrected chi connectivity index (χ2v) is 5.51. The van der Waals surface area contributed by atoms with Gasteiger partial charge < -0.3 is 10.6 Å². The van der Waals surface area contributed by atoms with Crippen LogP contribution in [0.2, 0.25) is 0 Å². The van der Waals surface area contributed by atoms with Crippen molar-refractivity contribution in [3.05, 3.63) is 78.0 Å². The first-order chi connectivity index (χ1) is 12.5. The average Bonchev–Trinajstić information content (AvgIpc) is 2.64. The summed E-state index contributed by atoms with van der Waals surface area (Å²) in [5.74, 6) is -0.358. The molecule has 0 unspecified atom stereocenters. The topological polar surface area (TPSA) is 84.0 Å². The molecule has 1 amide bonds. The molecule has 130 valence electrons. The molecule has 3 rings (SSSR count). The van der Waals surface area contributed by atoms with Gasteiger partial charge in [0.05, 0.1) is 12.4 Å². The molecule has 2 N–H and O–H groups in total. The molecule has 0 fully saturated rings. The molecule has 3 aromatic rings. The number of nitrogens with zero attached hydrogens (tertiary/aromatic N) is 2. The molecule has 0 aliphatic heterocycles. The fraction of sp³-hybridized carbons (Fsp3) is 0.0526. The van der Waals surface area contributed by atoms with Crippen molar-refractivity contribution in [3.63, 3.8) is 0 Å². The first kappa shape index (κ1) is 17.2. The zero-order chi connectivity index (χ0) is 18.5. The van der Waals surface area contributed by atoms with Crippen LogP contribution in [0.3, 0.4) is 0 Å². The third kappa shape index (κ3) is 4.27. The second kappa shape index (κ2) is 7.52. The Hall–Kier alpha value is -3.61. The number of Topliss-reactive ketones (excluding diaryl/α,β-unsaturated/α-hetero) is 1. The molecule has 1 aromatic heterocycles. The molecule has 0 aliphatic rings. The summed E-state index contributed by atoms with van der Waals surface area (Å²) < 4.78 is 12.9. The van der Waals surface area contributed by atoms with Crippen molar-refractivity contribution in [2.75, 3.05) is 10.6 Å². The van der Waals surface area contributed by atoms with E-state index in [9.17, 15) is 14.0 Å². The first-order valence-electron chi connectivity index (χ1n) is 7.78. The van der Waals surface area contributed by atoms with E-state index in [0.29, 0.717) is 22.8 Å². The van der Waals surface area contributed by atoms with Crippen molar-refractivity contribution in [2.24, 2.45) is 0 Å². The van der Waals surface area contributed by atoms with Crippen LogP contribution in [0.25, 0.3) is 0 Å². The van der Waals surface area contributed by atoms with Gasteiger partial charge in [0.1, 0.15) is 17.3 Å². The summed E-state index contributed by atoms with van der Waals surface area (Å²) in [5, 5.41) is 5.64. The molecule has 0 saturated heterocycles. The quantitative estimate of drug-likeness (QED) is 0.684. The largest absolute Gasteiger partial charge is 0.339 e. The van der Waals surface area contributed by atoms with E-state index in [1.165, 1.54) is 31.5 Å². The Labute approximate surface area is 149 Å². The second-order valence-electron chi connectivity index (χ2n) is 5.51. The zero-order valence-corrected chi connectivity index (χ0v) is 13.9. The van der Waals surface area contributed by atoms with E-state index in [-0.39, 0.29) is 17.3 Å². The standard InChI is InChI=1S/C19H15FN4O2/c1-12(25)13-2-6-16(7-3-13)24-19(26)17-10-22-18(11-21-17)23-15-8-4-14(20)5-9-15/h2-11H,1H3,(H,22,23)(H,24,26). The summed E-state index contributed by atoms with van der Waals surface area (Å²) in [4.78, 5) is 31.6. The summed E-state index contributed by atoms with van der Waals surface area (Å²) >= 11 is 0. The third-order valence-corrected chi connectivity index (χ3v) is 3.55. The number of hydrogen-bond acceptors (Lipinski definition) is 5. The highest BCUT2D eigenvalue weighted by Crippen LogP contribution is 2.15. The molecule has 0 atom stereocenters. The summed E-state index contributed by atoms with van der Waals surface area (Å²) in [5.41, 5.74) is 1.92. The van der Waals surface area contributed by atoms with Gasteiger partial charge in [0.25, 0.3) is 5.91 Å². The molecule has 0 aliphatic carbocycles. The van der Waals surface area contributed by atoms with Crippen molar-refractivity contribution < 1.29 is 14.0 Å². The van der Waals surface area contributed by atoms with Crippen LogP contribution in [-0.2, 0) is 0 Å². The predicted octanol–water partition coefficient (Wildman–Crippen LogP) is 3.81. The van der Waals surface area contributed by atoms with E-state index in [1.54, 1.807) is 36.4 Å². The van der Waals surface area contributed by atoms with Gasteiger partial charge in [-0.1, -0.05) is 0 Å². The van der Waals surface area contributed by atoms with Crippen LogP contribution in [0.5, 0.6) is 0 Å². The molecule has 7 heteroatoms. The van der Waals surface area contributed by atoms with Gasteiger partial charge in [0, 0.05) is 16.9 Å². The van der Waals surface area contributed by atoms with Gasteiger partial charge >= 0.3 is 0 Å². The lowest BCUT2D eigenvalue weighted by Gasteiger charge is -2.07. The maximum absolute atomic E-state index is 12.9. The Kier molecular flexibility index (Phi) is 4.98. The van der Waals surface area contributed by atoms with Crippen molar-refractivity contribution >= 4 is 28.9 Å². The Bertz CT molecular complexity index is 923. The number of anilines is 3. The smallest absolute Gasteiger partial charge is 0.275 e. The van der Waals surface area contributed by atoms with Crippen molar-refractivity contribution in [1.82, 2.24) is 9.97 Å². The van der Waals surface area contributed by atoms with Crippen molar-refractivity contribution in [1.29, 1.82) is 0 Å². The van der Waals surface area contributed by atoms with Crippen LogP contribution in [0.4, 0.5) is 21.6 Å². The Balaban J connectivity index is 1.64. The maximum Gasteiger partial charge on any atom is 0.275 e. The normalized spacial score (nSPS) is 10.2. The Morgan fingerprint density at radius 3 is 2.12 bits per heavy atom. The van der Waals surface area contributed by atoms with E-state index < -0.39 is 5.91 Å². The van der Waals surface area contributed by atoms with Gasteiger partial charge in [-0.3, -0.25) is 9.59 Å². The van der Waals surface area contributed by atoms with Crippen LogP contribution in [-0.4, -0.2) is 21.7 Å². The number of amides is 1. The van der Waals surface area contributed by atoms with Gasteiger partial charge in [-0.15, -0.1) is 0 Å². The highest BCUT2D eigenvalue weighted by molar-refractivity contribution is 6.03. The lowest BCUT2D eigenvalue weighted by molar-refractivity contribution is 0.101. The molecule has 0 bridgehead atoms. The van der Waals surface area contributed by atoms with E-state index in [4.69, 9.17) is 0 Å². The third-order valence-electron chi connectivity index (χ3n) is 3.55. The molecular formula is C19H15FN4O2. The average molecular weight is 350 g/mol. The SMILES string of the molecule is CC(=O)c1ccc(NC(=O)c2cnc(Nc3ccc(F)cc3)cn2)cc1. The van der Waals surface area contributed by atoms with Crippen LogP contribution < -0.4 is 10.6 Å². The minimum absolute atomic E-state index is 0.0435. The van der Waals surface area contributed by atoms with Crippen LogP contribution in [0.1, 0.15) is 27.8 Å². The monoisotopic (exact) mass is 350 g/mol. The highest BCUT2D eigenvalue weighted by atomic mass is 19.1. The molecule has 0 radical (unpaired) electrons. The summed E-state index contributed by atoms with van der Waals surface area (Å²) in [6.07, 6.45) is 2.75. The lowest BCUT2D eigenvalue weighted by atomic mass is 10.1. The first-order valence-corrected chi connectivity index (χ1v) is 7.78. The Morgan fingerprint density at radius 1 is 0.885 bits per heavy atom. The number of carbonyl (C=O) groups is 2. The van der Waals surface area contributed by atoms with Crippen LogP contribution >= 0.6 is 0 Å². The van der Waals surface area contributed by atoms with Crippen LogP contribution in [0, 0.1) is 5.82 Å². The van der Waals surface area contributed by atoms with Gasteiger partial charge in [-0.05, 0) is 55.5 Å². The highest BCUT2D eigenvalue weighted by Gasteiger charge is 2.09. The summed E-state index contributed by atoms with van der Waals surface area (Å²) in [6, 6.07) is 12.4. The van der Waals surface area contributed by atoms with Crippen molar-refractivity contribution in [2.45, 2.75) is 6.92 Å². The maximum atomic E-state index is 12.9. The zero-order valence-electron chi connectivity index (χ0n) is 13.9. The lowest BCUT2D eigenvalue weighted by Crippen LogP contribution is -2.14. The minimum Gasteiger partial charge on any atom is -0.339 e. The summed E-state index contributed by atoms with van der Waals surface area (Å²) in [7, 11) is 0. The van der Waals surface area contributed by atoms with E-state index in [0.717, 1.165) is 0 Å². The van der Waals surface area contributed by atoms with E-state index in [1.807, 2.05) is 0 Å². The molecular weight excluding hydrogens is 335 g/mol.